The van der Waals surface area contributed by atoms with Gasteiger partial charge in [-0.25, -0.2) is 4.79 Å². The SMILES string of the molecule is O=C1OC2(c3ccccc3OC3=CC=C([N+](=O)[O-])C(=O)C32)c2ccccc21. The summed E-state index contributed by atoms with van der Waals surface area (Å²) in [5, 5.41) is 11.3. The first-order valence-corrected chi connectivity index (χ1v) is 8.24. The highest BCUT2D eigenvalue weighted by Gasteiger charge is 2.62. The number of benzene rings is 2. The number of rotatable bonds is 1. The van der Waals surface area contributed by atoms with E-state index in [1.54, 1.807) is 48.5 Å². The van der Waals surface area contributed by atoms with Crippen LogP contribution in [0.1, 0.15) is 21.5 Å². The molecule has 2 atom stereocenters. The van der Waals surface area contributed by atoms with Gasteiger partial charge in [-0.3, -0.25) is 14.9 Å². The molecule has 1 spiro atoms. The quantitative estimate of drug-likeness (QED) is 0.440. The minimum Gasteiger partial charge on any atom is -0.460 e. The molecule has 0 saturated heterocycles. The van der Waals surface area contributed by atoms with E-state index < -0.39 is 33.9 Å². The van der Waals surface area contributed by atoms with E-state index >= 15 is 0 Å². The summed E-state index contributed by atoms with van der Waals surface area (Å²) in [6.07, 6.45) is 2.52. The number of nitro groups is 1. The van der Waals surface area contributed by atoms with E-state index in [1.165, 1.54) is 6.08 Å². The number of para-hydroxylation sites is 1. The van der Waals surface area contributed by atoms with E-state index in [0.29, 0.717) is 22.4 Å². The molecule has 27 heavy (non-hydrogen) atoms. The van der Waals surface area contributed by atoms with Gasteiger partial charge in [-0.05, 0) is 18.2 Å². The van der Waals surface area contributed by atoms with E-state index in [9.17, 15) is 19.7 Å². The van der Waals surface area contributed by atoms with E-state index in [2.05, 4.69) is 0 Å². The molecule has 2 heterocycles. The zero-order valence-electron chi connectivity index (χ0n) is 13.7. The van der Waals surface area contributed by atoms with Gasteiger partial charge >= 0.3 is 11.7 Å². The van der Waals surface area contributed by atoms with E-state index in [4.69, 9.17) is 9.47 Å². The Morgan fingerprint density at radius 2 is 1.67 bits per heavy atom. The van der Waals surface area contributed by atoms with Gasteiger partial charge < -0.3 is 9.47 Å². The summed E-state index contributed by atoms with van der Waals surface area (Å²) in [6.45, 7) is 0. The van der Waals surface area contributed by atoms with Crippen LogP contribution in [0.4, 0.5) is 0 Å². The minimum atomic E-state index is -1.50. The summed E-state index contributed by atoms with van der Waals surface area (Å²) in [6, 6.07) is 13.7. The molecule has 2 unspecified atom stereocenters. The number of carbonyl (C=O) groups is 2. The number of esters is 1. The number of ketones is 1. The highest BCUT2D eigenvalue weighted by atomic mass is 16.6. The lowest BCUT2D eigenvalue weighted by Gasteiger charge is -2.41. The summed E-state index contributed by atoms with van der Waals surface area (Å²) >= 11 is 0. The lowest BCUT2D eigenvalue weighted by Crippen LogP contribution is -2.48. The normalized spacial score (nSPS) is 24.8. The fraction of sp³-hybridized carbons (Fsp3) is 0.100. The highest BCUT2D eigenvalue weighted by Crippen LogP contribution is 2.56. The van der Waals surface area contributed by atoms with Crippen molar-refractivity contribution in [2.75, 3.05) is 0 Å². The van der Waals surface area contributed by atoms with E-state index in [1.807, 2.05) is 0 Å². The van der Waals surface area contributed by atoms with E-state index in [0.717, 1.165) is 6.08 Å². The number of allylic oxidation sites excluding steroid dienone is 3. The highest BCUT2D eigenvalue weighted by molar-refractivity contribution is 6.03. The fourth-order valence-electron chi connectivity index (χ4n) is 4.05. The zero-order chi connectivity index (χ0) is 18.8. The van der Waals surface area contributed by atoms with Crippen molar-refractivity contribution in [3.63, 3.8) is 0 Å². The third-order valence-corrected chi connectivity index (χ3v) is 5.12. The molecule has 0 saturated carbocycles. The molecule has 1 aliphatic carbocycles. The second kappa shape index (κ2) is 5.14. The summed E-state index contributed by atoms with van der Waals surface area (Å²) < 4.78 is 11.7. The Bertz CT molecular complexity index is 1110. The molecular weight excluding hydrogens is 350 g/mol. The average molecular weight is 361 g/mol. The Morgan fingerprint density at radius 1 is 0.963 bits per heavy atom. The zero-order valence-corrected chi connectivity index (χ0v) is 13.7. The predicted molar refractivity (Wildman–Crippen MR) is 91.4 cm³/mol. The lowest BCUT2D eigenvalue weighted by molar-refractivity contribution is -0.419. The molecule has 5 rings (SSSR count). The maximum Gasteiger partial charge on any atom is 0.339 e. The van der Waals surface area contributed by atoms with Crippen LogP contribution in [0.2, 0.25) is 0 Å². The first kappa shape index (κ1) is 15.5. The molecule has 0 N–H and O–H groups in total. The fourth-order valence-corrected chi connectivity index (χ4v) is 4.05. The molecule has 0 bridgehead atoms. The van der Waals surface area contributed by atoms with Gasteiger partial charge in [-0.1, -0.05) is 36.4 Å². The summed E-state index contributed by atoms with van der Waals surface area (Å²) in [4.78, 5) is 36.3. The molecular formula is C20H11NO6. The Kier molecular flexibility index (Phi) is 2.95. The number of hydrogen-bond acceptors (Lipinski definition) is 6. The van der Waals surface area contributed by atoms with Gasteiger partial charge in [0.2, 0.25) is 5.78 Å². The van der Waals surface area contributed by atoms with Crippen molar-refractivity contribution in [3.05, 3.63) is 98.9 Å². The smallest absolute Gasteiger partial charge is 0.339 e. The van der Waals surface area contributed by atoms with Crippen molar-refractivity contribution in [2.24, 2.45) is 5.92 Å². The topological polar surface area (TPSA) is 95.7 Å². The van der Waals surface area contributed by atoms with Crippen LogP contribution >= 0.6 is 0 Å². The summed E-state index contributed by atoms with van der Waals surface area (Å²) in [7, 11) is 0. The molecule has 7 heteroatoms. The summed E-state index contributed by atoms with van der Waals surface area (Å²) in [5.41, 5.74) is -0.742. The monoisotopic (exact) mass is 361 g/mol. The largest absolute Gasteiger partial charge is 0.460 e. The first-order valence-electron chi connectivity index (χ1n) is 8.24. The van der Waals surface area contributed by atoms with Crippen LogP contribution in [0, 0.1) is 16.0 Å². The van der Waals surface area contributed by atoms with Gasteiger partial charge in [0.15, 0.2) is 5.60 Å². The third kappa shape index (κ3) is 1.85. The van der Waals surface area contributed by atoms with Gasteiger partial charge in [-0.15, -0.1) is 0 Å². The van der Waals surface area contributed by atoms with Crippen LogP contribution < -0.4 is 4.74 Å². The van der Waals surface area contributed by atoms with Crippen molar-refractivity contribution >= 4 is 11.8 Å². The Hall–Kier alpha value is -3.74. The van der Waals surface area contributed by atoms with Crippen molar-refractivity contribution in [2.45, 2.75) is 5.60 Å². The molecule has 2 aliphatic heterocycles. The average Bonchev–Trinajstić information content (AvgIpc) is 2.95. The van der Waals surface area contributed by atoms with E-state index in [-0.39, 0.29) is 5.76 Å². The number of hydrogen-bond donors (Lipinski definition) is 0. The number of nitrogens with zero attached hydrogens (tertiary/aromatic N) is 1. The van der Waals surface area contributed by atoms with Crippen molar-refractivity contribution in [3.8, 4) is 5.75 Å². The number of Topliss-reactive ketones (excluding diaryl/α,β-unsaturated/α-hetero) is 1. The van der Waals surface area contributed by atoms with Crippen molar-refractivity contribution in [1.29, 1.82) is 0 Å². The van der Waals surface area contributed by atoms with Crippen LogP contribution in [-0.2, 0) is 15.1 Å². The molecule has 0 amide bonds. The van der Waals surface area contributed by atoms with Gasteiger partial charge in [0.1, 0.15) is 17.4 Å². The Morgan fingerprint density at radius 3 is 2.44 bits per heavy atom. The lowest BCUT2D eigenvalue weighted by atomic mass is 9.69. The molecule has 7 nitrogen and oxygen atoms in total. The standard InChI is InChI=1S/C20H11NO6/c22-18-14(21(24)25)9-10-16-17(18)20(13-7-3-4-8-15(13)26-16)12-6-2-1-5-11(12)19(23)27-20/h1-10,17H. The number of ether oxygens (including phenoxy) is 2. The first-order chi connectivity index (χ1) is 13.0. The minimum absolute atomic E-state index is 0.216. The Balaban J connectivity index is 1.85. The Labute approximate surface area is 152 Å². The second-order valence-electron chi connectivity index (χ2n) is 6.44. The van der Waals surface area contributed by atoms with Crippen LogP contribution in [0.25, 0.3) is 0 Å². The maximum atomic E-state index is 13.1. The maximum absolute atomic E-state index is 13.1. The third-order valence-electron chi connectivity index (χ3n) is 5.12. The second-order valence-corrected chi connectivity index (χ2v) is 6.44. The molecule has 2 aromatic carbocycles. The van der Waals surface area contributed by atoms with Crippen LogP contribution in [0.5, 0.6) is 5.75 Å². The molecule has 132 valence electrons. The molecule has 3 aliphatic rings. The molecule has 0 aromatic heterocycles. The molecule has 0 fully saturated rings. The predicted octanol–water partition coefficient (Wildman–Crippen LogP) is 2.74. The van der Waals surface area contributed by atoms with Crippen molar-refractivity contribution in [1.82, 2.24) is 0 Å². The number of carbonyl (C=O) groups excluding carboxylic acids is 2. The van der Waals surface area contributed by atoms with Gasteiger partial charge in [0, 0.05) is 17.2 Å². The molecule has 2 aromatic rings. The molecule has 0 radical (unpaired) electrons. The van der Waals surface area contributed by atoms with Crippen molar-refractivity contribution < 1.29 is 24.0 Å². The van der Waals surface area contributed by atoms with Gasteiger partial charge in [0.05, 0.1) is 10.5 Å². The summed E-state index contributed by atoms with van der Waals surface area (Å²) in [5.74, 6) is -1.84. The van der Waals surface area contributed by atoms with Crippen LogP contribution in [0.3, 0.4) is 0 Å². The van der Waals surface area contributed by atoms with Crippen LogP contribution in [-0.4, -0.2) is 16.7 Å². The van der Waals surface area contributed by atoms with Gasteiger partial charge in [0.25, 0.3) is 0 Å². The number of fused-ring (bicyclic) bond motifs is 6. The van der Waals surface area contributed by atoms with Gasteiger partial charge in [-0.2, -0.15) is 0 Å². The van der Waals surface area contributed by atoms with Crippen LogP contribution in [0.15, 0.2) is 72.1 Å².